The fourth-order valence-electron chi connectivity index (χ4n) is 5.65. The Kier molecular flexibility index (Phi) is 4.70. The first-order chi connectivity index (χ1) is 16.0. The van der Waals surface area contributed by atoms with Crippen molar-refractivity contribution >= 4 is 23.1 Å². The summed E-state index contributed by atoms with van der Waals surface area (Å²) in [6.07, 6.45) is 5.66. The molecule has 0 radical (unpaired) electrons. The third-order valence-electron chi connectivity index (χ3n) is 7.70. The number of carbonyl (C=O) groups is 1. The first-order valence-electron chi connectivity index (χ1n) is 11.7. The topological polar surface area (TPSA) is 63.8 Å². The van der Waals surface area contributed by atoms with E-state index in [4.69, 9.17) is 4.74 Å². The Bertz CT molecular complexity index is 1310. The van der Waals surface area contributed by atoms with E-state index in [9.17, 15) is 14.3 Å². The molecule has 2 fully saturated rings. The van der Waals surface area contributed by atoms with Crippen LogP contribution in [-0.2, 0) is 22.5 Å². The first-order valence-corrected chi connectivity index (χ1v) is 11.7. The highest BCUT2D eigenvalue weighted by Crippen LogP contribution is 2.52. The summed E-state index contributed by atoms with van der Waals surface area (Å²) in [5, 5.41) is 11.1. The first kappa shape index (κ1) is 20.6. The van der Waals surface area contributed by atoms with Gasteiger partial charge in [0, 0.05) is 42.1 Å². The fraction of sp³-hybridized carbons (Fsp3) is 0.407. The van der Waals surface area contributed by atoms with Crippen molar-refractivity contribution in [3.8, 4) is 5.69 Å². The van der Waals surface area contributed by atoms with Crippen LogP contribution in [0.3, 0.4) is 0 Å². The molecule has 2 aromatic carbocycles. The molecule has 2 aliphatic heterocycles. The van der Waals surface area contributed by atoms with E-state index in [1.54, 1.807) is 6.07 Å². The van der Waals surface area contributed by atoms with Gasteiger partial charge in [0.05, 0.1) is 17.5 Å². The lowest BCUT2D eigenvalue weighted by atomic mass is 9.87. The van der Waals surface area contributed by atoms with Crippen LogP contribution in [0, 0.1) is 18.2 Å². The van der Waals surface area contributed by atoms with Gasteiger partial charge in [-0.2, -0.15) is 0 Å². The summed E-state index contributed by atoms with van der Waals surface area (Å²) in [5.74, 6) is -0.695. The van der Waals surface area contributed by atoms with Crippen LogP contribution >= 0.6 is 0 Å². The predicted molar refractivity (Wildman–Crippen MR) is 125 cm³/mol. The summed E-state index contributed by atoms with van der Waals surface area (Å²) in [4.78, 5) is 16.6. The summed E-state index contributed by atoms with van der Waals surface area (Å²) in [6.45, 7) is 3.98. The van der Waals surface area contributed by atoms with Crippen LogP contribution in [0.5, 0.6) is 0 Å². The zero-order valence-corrected chi connectivity index (χ0v) is 18.7. The molecular formula is C27H27FN2O3. The van der Waals surface area contributed by atoms with Gasteiger partial charge in [0.1, 0.15) is 5.82 Å². The zero-order valence-electron chi connectivity index (χ0n) is 18.7. The van der Waals surface area contributed by atoms with Gasteiger partial charge in [-0.05, 0) is 91.6 Å². The summed E-state index contributed by atoms with van der Waals surface area (Å²) in [6, 6.07) is 9.32. The number of nitrogens with zero attached hydrogens (tertiary/aromatic N) is 2. The van der Waals surface area contributed by atoms with Crippen molar-refractivity contribution < 1.29 is 19.0 Å². The Morgan fingerprint density at radius 2 is 2.03 bits per heavy atom. The van der Waals surface area contributed by atoms with Gasteiger partial charge in [0.15, 0.2) is 0 Å². The van der Waals surface area contributed by atoms with Gasteiger partial charge in [0.25, 0.3) is 0 Å². The van der Waals surface area contributed by atoms with Crippen molar-refractivity contribution in [1.29, 1.82) is 0 Å². The lowest BCUT2D eigenvalue weighted by Gasteiger charge is -2.27. The average Bonchev–Trinajstić information content (AvgIpc) is 3.35. The quantitative estimate of drug-likeness (QED) is 0.578. The summed E-state index contributed by atoms with van der Waals surface area (Å²) in [5.41, 5.74) is 6.78. The van der Waals surface area contributed by atoms with Crippen molar-refractivity contribution in [1.82, 2.24) is 4.57 Å². The number of aryl methyl sites for hydroxylation is 1. The molecule has 1 saturated carbocycles. The van der Waals surface area contributed by atoms with Crippen LogP contribution in [0.25, 0.3) is 16.6 Å². The number of ether oxygens (including phenoxy) is 1. The van der Waals surface area contributed by atoms with Crippen LogP contribution in [0.15, 0.2) is 35.3 Å². The van der Waals surface area contributed by atoms with E-state index in [1.165, 1.54) is 17.3 Å². The van der Waals surface area contributed by atoms with Gasteiger partial charge in [-0.25, -0.2) is 4.39 Å². The molecule has 3 heterocycles. The third-order valence-corrected chi connectivity index (χ3v) is 7.70. The minimum atomic E-state index is -0.705. The molecule has 0 amide bonds. The molecule has 3 aromatic rings. The number of carboxylic acids is 1. The van der Waals surface area contributed by atoms with Crippen molar-refractivity contribution in [2.24, 2.45) is 10.4 Å². The number of aliphatic imine (C=N–C) groups is 1. The molecule has 3 aliphatic rings. The highest BCUT2D eigenvalue weighted by molar-refractivity contribution is 5.96. The van der Waals surface area contributed by atoms with Crippen LogP contribution in [0.4, 0.5) is 4.39 Å². The molecule has 170 valence electrons. The summed E-state index contributed by atoms with van der Waals surface area (Å²) >= 11 is 0. The van der Waals surface area contributed by atoms with E-state index in [2.05, 4.69) is 21.7 Å². The molecule has 1 N–H and O–H groups in total. The number of hydrogen-bond donors (Lipinski definition) is 1. The van der Waals surface area contributed by atoms with E-state index < -0.39 is 11.4 Å². The summed E-state index contributed by atoms with van der Waals surface area (Å²) < 4.78 is 22.0. The zero-order chi connectivity index (χ0) is 22.7. The molecule has 1 saturated heterocycles. The Balaban J connectivity index is 1.67. The maximum atomic E-state index is 14.0. The van der Waals surface area contributed by atoms with Gasteiger partial charge < -0.3 is 14.4 Å². The van der Waals surface area contributed by atoms with Crippen molar-refractivity contribution in [3.05, 3.63) is 64.1 Å². The largest absolute Gasteiger partial charge is 0.481 e. The van der Waals surface area contributed by atoms with Crippen molar-refractivity contribution in [3.63, 3.8) is 0 Å². The molecule has 1 aromatic heterocycles. The summed E-state index contributed by atoms with van der Waals surface area (Å²) in [7, 11) is 0. The second kappa shape index (κ2) is 7.52. The predicted octanol–water partition coefficient (Wildman–Crippen LogP) is 5.31. The van der Waals surface area contributed by atoms with E-state index >= 15 is 0 Å². The average molecular weight is 447 g/mol. The number of hydrogen-bond acceptors (Lipinski definition) is 3. The second-order valence-corrected chi connectivity index (χ2v) is 9.82. The molecule has 33 heavy (non-hydrogen) atoms. The Morgan fingerprint density at radius 1 is 1.24 bits per heavy atom. The lowest BCUT2D eigenvalue weighted by molar-refractivity contribution is -0.143. The smallest absolute Gasteiger partial charge is 0.309 e. The third kappa shape index (κ3) is 3.31. The number of halogens is 1. The van der Waals surface area contributed by atoms with Gasteiger partial charge >= 0.3 is 5.97 Å². The highest BCUT2D eigenvalue weighted by Gasteiger charge is 2.51. The monoisotopic (exact) mass is 446 g/mol. The highest BCUT2D eigenvalue weighted by atomic mass is 19.1. The number of carboxylic acid groups (broad SMARTS) is 1. The maximum Gasteiger partial charge on any atom is 0.309 e. The molecule has 6 heteroatoms. The number of aromatic nitrogens is 1. The molecule has 0 spiro atoms. The molecule has 0 unspecified atom stereocenters. The second-order valence-electron chi connectivity index (χ2n) is 9.82. The number of rotatable bonds is 5. The van der Waals surface area contributed by atoms with Crippen molar-refractivity contribution in [2.75, 3.05) is 13.2 Å². The number of benzene rings is 2. The molecule has 0 bridgehead atoms. The van der Waals surface area contributed by atoms with E-state index in [0.717, 1.165) is 46.1 Å². The Labute approximate surface area is 191 Å². The SMILES string of the molecule is Cc1cc(F)ccc1-n1c(C2CCOCC2)c(CC2(C(=O)O)CC2)c2cc3c(cc21)C=NC3. The van der Waals surface area contributed by atoms with Crippen LogP contribution in [0.1, 0.15) is 59.5 Å². The number of aliphatic carboxylic acids is 1. The molecule has 1 aliphatic carbocycles. The van der Waals surface area contributed by atoms with Crippen LogP contribution < -0.4 is 0 Å². The van der Waals surface area contributed by atoms with Crippen molar-refractivity contribution in [2.45, 2.75) is 51.5 Å². The molecule has 6 rings (SSSR count). The Morgan fingerprint density at radius 3 is 2.73 bits per heavy atom. The van der Waals surface area contributed by atoms with E-state index in [-0.39, 0.29) is 11.7 Å². The molecule has 0 atom stereocenters. The maximum absolute atomic E-state index is 14.0. The van der Waals surface area contributed by atoms with E-state index in [1.807, 2.05) is 19.2 Å². The van der Waals surface area contributed by atoms with Crippen LogP contribution in [-0.4, -0.2) is 35.1 Å². The number of fused-ring (bicyclic) bond motifs is 2. The Hall–Kier alpha value is -2.99. The fourth-order valence-corrected chi connectivity index (χ4v) is 5.65. The van der Waals surface area contributed by atoms with Gasteiger partial charge in [0.2, 0.25) is 0 Å². The van der Waals surface area contributed by atoms with Gasteiger partial charge in [-0.15, -0.1) is 0 Å². The standard InChI is InChI=1S/C27H27FN2O3/c1-16-10-20(28)2-3-23(16)30-24-12-19-15-29-14-18(19)11-21(24)22(13-27(6-7-27)26(31)32)25(30)17-4-8-33-9-5-17/h2-3,10-12,15,17H,4-9,13-14H2,1H3,(H,31,32). The van der Waals surface area contributed by atoms with Gasteiger partial charge in [-0.3, -0.25) is 9.79 Å². The minimum Gasteiger partial charge on any atom is -0.481 e. The van der Waals surface area contributed by atoms with Crippen LogP contribution in [0.2, 0.25) is 0 Å². The normalized spacial score (nSPS) is 19.2. The van der Waals surface area contributed by atoms with E-state index in [0.29, 0.717) is 39.0 Å². The minimum absolute atomic E-state index is 0.253. The molecule has 5 nitrogen and oxygen atoms in total. The van der Waals surface area contributed by atoms with Gasteiger partial charge in [-0.1, -0.05) is 0 Å². The lowest BCUT2D eigenvalue weighted by Crippen LogP contribution is -2.22. The molecular weight excluding hydrogens is 419 g/mol.